The number of aryl methyl sites for hydroxylation is 1. The molecule has 0 aliphatic carbocycles. The molecule has 0 saturated carbocycles. The average molecular weight is 307 g/mol. The van der Waals surface area contributed by atoms with E-state index in [0.717, 1.165) is 0 Å². The molecule has 0 amide bonds. The summed E-state index contributed by atoms with van der Waals surface area (Å²) in [4.78, 5) is 14.3. The maximum Gasteiger partial charge on any atom is 0.266 e. The standard InChI is InChI=1S/C15H12ClFN2O2/c1-3-21-14-12(16)5-9(6-13(14)17)10-4-8(2)19-15(20)11(10)7-18/h4-6H,3H2,1-2H3,(H,19,20). The van der Waals surface area contributed by atoms with Crippen molar-refractivity contribution in [1.29, 1.82) is 5.26 Å². The number of nitrogens with one attached hydrogen (secondary N) is 1. The van der Waals surface area contributed by atoms with Gasteiger partial charge in [0.05, 0.1) is 11.6 Å². The lowest BCUT2D eigenvalue weighted by molar-refractivity contribution is 0.322. The number of H-pyrrole nitrogens is 1. The summed E-state index contributed by atoms with van der Waals surface area (Å²) in [6, 6.07) is 6.11. The van der Waals surface area contributed by atoms with Crippen LogP contribution in [-0.4, -0.2) is 11.6 Å². The maximum absolute atomic E-state index is 14.0. The molecule has 1 aromatic carbocycles. The molecule has 1 N–H and O–H groups in total. The molecule has 0 spiro atoms. The van der Waals surface area contributed by atoms with Crippen LogP contribution in [0.3, 0.4) is 0 Å². The number of nitriles is 1. The summed E-state index contributed by atoms with van der Waals surface area (Å²) in [5.74, 6) is -0.677. The van der Waals surface area contributed by atoms with E-state index in [1.54, 1.807) is 19.9 Å². The highest BCUT2D eigenvalue weighted by Crippen LogP contribution is 2.34. The average Bonchev–Trinajstić information content (AvgIpc) is 2.42. The molecule has 0 aliphatic heterocycles. The Bertz CT molecular complexity index is 770. The van der Waals surface area contributed by atoms with Gasteiger partial charge in [-0.2, -0.15) is 5.26 Å². The third-order valence-electron chi connectivity index (χ3n) is 2.88. The minimum absolute atomic E-state index is 0.0389. The van der Waals surface area contributed by atoms with Gasteiger partial charge in [-0.25, -0.2) is 4.39 Å². The third-order valence-corrected chi connectivity index (χ3v) is 3.16. The number of rotatable bonds is 3. The fourth-order valence-corrected chi connectivity index (χ4v) is 2.29. The molecule has 4 nitrogen and oxygen atoms in total. The van der Waals surface area contributed by atoms with Crippen LogP contribution in [-0.2, 0) is 0 Å². The third kappa shape index (κ3) is 2.91. The molecule has 21 heavy (non-hydrogen) atoms. The number of halogens is 2. The number of benzene rings is 1. The van der Waals surface area contributed by atoms with Gasteiger partial charge >= 0.3 is 0 Å². The van der Waals surface area contributed by atoms with Crippen LogP contribution in [0.15, 0.2) is 23.0 Å². The van der Waals surface area contributed by atoms with E-state index in [-0.39, 0.29) is 22.9 Å². The maximum atomic E-state index is 14.0. The first-order valence-electron chi connectivity index (χ1n) is 6.24. The Kier molecular flexibility index (Phi) is 4.29. The number of hydrogen-bond acceptors (Lipinski definition) is 3. The minimum Gasteiger partial charge on any atom is -0.489 e. The predicted molar refractivity (Wildman–Crippen MR) is 78.1 cm³/mol. The molecular weight excluding hydrogens is 295 g/mol. The number of pyridine rings is 1. The number of ether oxygens (including phenoxy) is 1. The number of aromatic nitrogens is 1. The normalized spacial score (nSPS) is 10.2. The van der Waals surface area contributed by atoms with Crippen molar-refractivity contribution in [2.24, 2.45) is 0 Å². The lowest BCUT2D eigenvalue weighted by Crippen LogP contribution is -2.12. The molecule has 108 valence electrons. The summed E-state index contributed by atoms with van der Waals surface area (Å²) in [5, 5.41) is 9.20. The van der Waals surface area contributed by atoms with Gasteiger partial charge in [0.1, 0.15) is 11.6 Å². The molecule has 6 heteroatoms. The second-order valence-corrected chi connectivity index (χ2v) is 4.79. The Morgan fingerprint density at radius 1 is 1.43 bits per heavy atom. The van der Waals surface area contributed by atoms with Crippen molar-refractivity contribution in [3.8, 4) is 22.9 Å². The molecule has 2 aromatic rings. The first-order chi connectivity index (χ1) is 9.97. The van der Waals surface area contributed by atoms with Crippen LogP contribution in [0.25, 0.3) is 11.1 Å². The van der Waals surface area contributed by atoms with Crippen molar-refractivity contribution in [1.82, 2.24) is 4.98 Å². The Balaban J connectivity index is 2.69. The molecule has 0 unspecified atom stereocenters. The number of hydrogen-bond donors (Lipinski definition) is 1. The highest BCUT2D eigenvalue weighted by atomic mass is 35.5. The zero-order valence-electron chi connectivity index (χ0n) is 11.5. The summed E-state index contributed by atoms with van der Waals surface area (Å²) < 4.78 is 19.2. The molecule has 0 aliphatic rings. The van der Waals surface area contributed by atoms with Gasteiger partial charge in [-0.15, -0.1) is 0 Å². The number of aromatic amines is 1. The van der Waals surface area contributed by atoms with Gasteiger partial charge in [-0.1, -0.05) is 11.6 Å². The van der Waals surface area contributed by atoms with Gasteiger partial charge < -0.3 is 9.72 Å². The van der Waals surface area contributed by atoms with E-state index in [1.807, 2.05) is 6.07 Å². The van der Waals surface area contributed by atoms with E-state index in [0.29, 0.717) is 16.8 Å². The zero-order chi connectivity index (χ0) is 15.6. The Labute approximate surface area is 125 Å². The van der Waals surface area contributed by atoms with Crippen LogP contribution < -0.4 is 10.3 Å². The summed E-state index contributed by atoms with van der Waals surface area (Å²) in [7, 11) is 0. The van der Waals surface area contributed by atoms with Crippen molar-refractivity contribution in [3.05, 3.63) is 50.7 Å². The van der Waals surface area contributed by atoms with Gasteiger partial charge in [0.15, 0.2) is 11.6 Å². The van der Waals surface area contributed by atoms with Crippen LogP contribution in [0.1, 0.15) is 18.2 Å². The van der Waals surface area contributed by atoms with Crippen LogP contribution in [0, 0.1) is 24.1 Å². The summed E-state index contributed by atoms with van der Waals surface area (Å²) in [5.41, 5.74) is 0.659. The molecule has 0 radical (unpaired) electrons. The van der Waals surface area contributed by atoms with Gasteiger partial charge in [-0.3, -0.25) is 4.79 Å². The largest absolute Gasteiger partial charge is 0.489 e. The second-order valence-electron chi connectivity index (χ2n) is 4.38. The molecule has 2 rings (SSSR count). The molecule has 0 saturated heterocycles. The zero-order valence-corrected chi connectivity index (χ0v) is 12.2. The van der Waals surface area contributed by atoms with Gasteiger partial charge in [0, 0.05) is 11.3 Å². The Morgan fingerprint density at radius 2 is 2.14 bits per heavy atom. The molecule has 0 atom stereocenters. The van der Waals surface area contributed by atoms with Crippen molar-refractivity contribution < 1.29 is 9.13 Å². The van der Waals surface area contributed by atoms with Crippen molar-refractivity contribution in [2.75, 3.05) is 6.61 Å². The predicted octanol–water partition coefficient (Wildman–Crippen LogP) is 3.41. The first kappa shape index (κ1) is 15.1. The van der Waals surface area contributed by atoms with Crippen LogP contribution in [0.4, 0.5) is 4.39 Å². The lowest BCUT2D eigenvalue weighted by atomic mass is 10.0. The monoisotopic (exact) mass is 306 g/mol. The van der Waals surface area contributed by atoms with E-state index in [4.69, 9.17) is 21.6 Å². The number of nitrogens with zero attached hydrogens (tertiary/aromatic N) is 1. The van der Waals surface area contributed by atoms with Crippen molar-refractivity contribution in [2.45, 2.75) is 13.8 Å². The van der Waals surface area contributed by atoms with Crippen LogP contribution >= 0.6 is 11.6 Å². The second kappa shape index (κ2) is 5.98. The summed E-state index contributed by atoms with van der Waals surface area (Å²) in [6.07, 6.45) is 0. The van der Waals surface area contributed by atoms with E-state index in [1.165, 1.54) is 12.1 Å². The van der Waals surface area contributed by atoms with E-state index < -0.39 is 11.4 Å². The van der Waals surface area contributed by atoms with Crippen LogP contribution in [0.5, 0.6) is 5.75 Å². The lowest BCUT2D eigenvalue weighted by Gasteiger charge is -2.11. The Morgan fingerprint density at radius 3 is 2.71 bits per heavy atom. The smallest absolute Gasteiger partial charge is 0.266 e. The summed E-state index contributed by atoms with van der Waals surface area (Å²) in [6.45, 7) is 3.68. The van der Waals surface area contributed by atoms with Gasteiger partial charge in [-0.05, 0) is 37.6 Å². The fraction of sp³-hybridized carbons (Fsp3) is 0.200. The molecule has 1 heterocycles. The van der Waals surface area contributed by atoms with Crippen molar-refractivity contribution >= 4 is 11.6 Å². The quantitative estimate of drug-likeness (QED) is 0.945. The van der Waals surface area contributed by atoms with E-state index in [9.17, 15) is 9.18 Å². The highest BCUT2D eigenvalue weighted by Gasteiger charge is 2.16. The van der Waals surface area contributed by atoms with E-state index >= 15 is 0 Å². The summed E-state index contributed by atoms with van der Waals surface area (Å²) >= 11 is 6.00. The van der Waals surface area contributed by atoms with Crippen molar-refractivity contribution in [3.63, 3.8) is 0 Å². The fourth-order valence-electron chi connectivity index (χ4n) is 2.02. The molecule has 0 bridgehead atoms. The topological polar surface area (TPSA) is 65.9 Å². The highest BCUT2D eigenvalue weighted by molar-refractivity contribution is 6.32. The molecular formula is C15H12ClFN2O2. The SMILES string of the molecule is CCOc1c(F)cc(-c2cc(C)[nH]c(=O)c2C#N)cc1Cl. The van der Waals surface area contributed by atoms with Gasteiger partial charge in [0.2, 0.25) is 0 Å². The van der Waals surface area contributed by atoms with Crippen LogP contribution in [0.2, 0.25) is 5.02 Å². The Hall–Kier alpha value is -2.32. The van der Waals surface area contributed by atoms with Gasteiger partial charge in [0.25, 0.3) is 5.56 Å². The first-order valence-corrected chi connectivity index (χ1v) is 6.62. The molecule has 1 aromatic heterocycles. The van der Waals surface area contributed by atoms with E-state index in [2.05, 4.69) is 4.98 Å². The molecule has 0 fully saturated rings. The minimum atomic E-state index is -0.638.